The lowest BCUT2D eigenvalue weighted by atomic mass is 9.95. The van der Waals surface area contributed by atoms with Gasteiger partial charge in [0.15, 0.2) is 0 Å². The second kappa shape index (κ2) is 7.70. The Kier molecular flexibility index (Phi) is 5.91. The Bertz CT molecular complexity index is 482. The van der Waals surface area contributed by atoms with E-state index in [0.29, 0.717) is 11.6 Å². The largest absolute Gasteiger partial charge is 0.387 e. The van der Waals surface area contributed by atoms with Crippen molar-refractivity contribution >= 4 is 5.91 Å². The van der Waals surface area contributed by atoms with Gasteiger partial charge in [-0.25, -0.2) is 4.39 Å². The lowest BCUT2D eigenvalue weighted by molar-refractivity contribution is -0.127. The number of nitrogens with zero attached hydrogens (tertiary/aromatic N) is 1. The van der Waals surface area contributed by atoms with Gasteiger partial charge >= 0.3 is 0 Å². The van der Waals surface area contributed by atoms with Crippen molar-refractivity contribution in [3.8, 4) is 0 Å². The number of hydrogen-bond donors (Lipinski definition) is 2. The number of nitrogens with one attached hydrogen (secondary N) is 1. The van der Waals surface area contributed by atoms with Gasteiger partial charge in [0.2, 0.25) is 5.91 Å². The van der Waals surface area contributed by atoms with Gasteiger partial charge in [-0.05, 0) is 57.5 Å². The monoisotopic (exact) mass is 308 g/mol. The van der Waals surface area contributed by atoms with E-state index in [4.69, 9.17) is 0 Å². The Morgan fingerprint density at radius 2 is 1.91 bits per heavy atom. The number of hydrogen-bond acceptors (Lipinski definition) is 3. The zero-order chi connectivity index (χ0) is 16.1. The Labute approximate surface area is 131 Å². The molecule has 1 heterocycles. The van der Waals surface area contributed by atoms with Crippen molar-refractivity contribution in [2.24, 2.45) is 5.92 Å². The summed E-state index contributed by atoms with van der Waals surface area (Å²) in [7, 11) is 0. The molecule has 0 spiro atoms. The fourth-order valence-corrected chi connectivity index (χ4v) is 2.82. The number of carbonyl (C=O) groups is 1. The first kappa shape index (κ1) is 16.9. The minimum atomic E-state index is -0.805. The van der Waals surface area contributed by atoms with Gasteiger partial charge in [-0.1, -0.05) is 12.1 Å². The van der Waals surface area contributed by atoms with Crippen LogP contribution >= 0.6 is 0 Å². The molecular weight excluding hydrogens is 283 g/mol. The number of carbonyl (C=O) groups excluding carboxylic acids is 1. The highest BCUT2D eigenvalue weighted by molar-refractivity contribution is 5.78. The minimum absolute atomic E-state index is 0.00423. The van der Waals surface area contributed by atoms with Gasteiger partial charge in [-0.2, -0.15) is 0 Å². The number of rotatable bonds is 5. The highest BCUT2D eigenvalue weighted by atomic mass is 19.1. The molecule has 1 unspecified atom stereocenters. The third-order valence-electron chi connectivity index (χ3n) is 4.36. The summed E-state index contributed by atoms with van der Waals surface area (Å²) in [6, 6.07) is 6.20. The first-order valence-electron chi connectivity index (χ1n) is 7.92. The van der Waals surface area contributed by atoms with Crippen molar-refractivity contribution in [3.63, 3.8) is 0 Å². The van der Waals surface area contributed by atoms with Crippen LogP contribution in [0.25, 0.3) is 0 Å². The van der Waals surface area contributed by atoms with Crippen molar-refractivity contribution in [3.05, 3.63) is 35.6 Å². The van der Waals surface area contributed by atoms with Gasteiger partial charge < -0.3 is 15.3 Å². The van der Waals surface area contributed by atoms with Crippen LogP contribution in [0, 0.1) is 11.7 Å². The molecule has 0 aliphatic carbocycles. The van der Waals surface area contributed by atoms with E-state index in [1.54, 1.807) is 0 Å². The van der Waals surface area contributed by atoms with Crippen LogP contribution in [-0.2, 0) is 4.79 Å². The zero-order valence-electron chi connectivity index (χ0n) is 13.3. The number of piperidine rings is 1. The molecular formula is C17H25FN2O2. The van der Waals surface area contributed by atoms with Crippen LogP contribution < -0.4 is 5.32 Å². The molecule has 2 N–H and O–H groups in total. The molecule has 5 heteroatoms. The highest BCUT2D eigenvalue weighted by Gasteiger charge is 2.26. The maximum Gasteiger partial charge on any atom is 0.223 e. The van der Waals surface area contributed by atoms with Gasteiger partial charge in [0.1, 0.15) is 5.82 Å². The summed E-state index contributed by atoms with van der Waals surface area (Å²) in [5.41, 5.74) is 0.608. The maximum atomic E-state index is 12.8. The maximum absolute atomic E-state index is 12.8. The van der Waals surface area contributed by atoms with E-state index in [9.17, 15) is 14.3 Å². The predicted molar refractivity (Wildman–Crippen MR) is 83.8 cm³/mol. The van der Waals surface area contributed by atoms with E-state index in [1.807, 2.05) is 0 Å². The summed E-state index contributed by atoms with van der Waals surface area (Å²) >= 11 is 0. The molecule has 1 aromatic carbocycles. The summed E-state index contributed by atoms with van der Waals surface area (Å²) in [5, 5.41) is 12.8. The first-order chi connectivity index (χ1) is 10.5. The second-order valence-electron chi connectivity index (χ2n) is 6.22. The van der Waals surface area contributed by atoms with Crippen molar-refractivity contribution in [2.75, 3.05) is 19.6 Å². The van der Waals surface area contributed by atoms with Crippen LogP contribution in [-0.4, -0.2) is 41.6 Å². The normalized spacial score (nSPS) is 18.4. The van der Waals surface area contributed by atoms with E-state index < -0.39 is 6.10 Å². The molecule has 1 fully saturated rings. The standard InChI is InChI=1S/C17H25FN2O2/c1-12(2)20-9-7-14(8-10-20)17(22)19-11-16(21)13-3-5-15(18)6-4-13/h3-6,12,14,16,21H,7-11H2,1-2H3,(H,19,22). The molecule has 0 aromatic heterocycles. The molecule has 0 saturated carbocycles. The number of aliphatic hydroxyl groups is 1. The number of benzene rings is 1. The number of aliphatic hydroxyl groups excluding tert-OH is 1. The molecule has 4 nitrogen and oxygen atoms in total. The third-order valence-corrected chi connectivity index (χ3v) is 4.36. The summed E-state index contributed by atoms with van der Waals surface area (Å²) in [6.07, 6.45) is 0.910. The Morgan fingerprint density at radius 1 is 1.32 bits per heavy atom. The minimum Gasteiger partial charge on any atom is -0.387 e. The lowest BCUT2D eigenvalue weighted by Crippen LogP contribution is -2.43. The molecule has 1 aliphatic rings. The quantitative estimate of drug-likeness (QED) is 0.876. The SMILES string of the molecule is CC(C)N1CCC(C(=O)NCC(O)c2ccc(F)cc2)CC1. The number of likely N-dealkylation sites (tertiary alicyclic amines) is 1. The topological polar surface area (TPSA) is 52.6 Å². The molecule has 1 aromatic rings. The van der Waals surface area contributed by atoms with Crippen molar-refractivity contribution in [1.82, 2.24) is 10.2 Å². The van der Waals surface area contributed by atoms with Crippen LogP contribution in [0.4, 0.5) is 4.39 Å². The average Bonchev–Trinajstić information content (AvgIpc) is 2.53. The molecule has 0 bridgehead atoms. The predicted octanol–water partition coefficient (Wildman–Crippen LogP) is 2.10. The van der Waals surface area contributed by atoms with E-state index in [0.717, 1.165) is 25.9 Å². The Hall–Kier alpha value is -1.46. The second-order valence-corrected chi connectivity index (χ2v) is 6.22. The Morgan fingerprint density at radius 3 is 2.45 bits per heavy atom. The number of halogens is 1. The summed E-state index contributed by atoms with van der Waals surface area (Å²) in [4.78, 5) is 14.5. The van der Waals surface area contributed by atoms with E-state index in [-0.39, 0.29) is 24.2 Å². The molecule has 122 valence electrons. The Balaban J connectivity index is 1.77. The fourth-order valence-electron chi connectivity index (χ4n) is 2.82. The molecule has 22 heavy (non-hydrogen) atoms. The molecule has 1 amide bonds. The van der Waals surface area contributed by atoms with E-state index >= 15 is 0 Å². The number of amides is 1. The van der Waals surface area contributed by atoms with Crippen LogP contribution in [0.15, 0.2) is 24.3 Å². The lowest BCUT2D eigenvalue weighted by Gasteiger charge is -2.34. The van der Waals surface area contributed by atoms with Crippen LogP contribution in [0.3, 0.4) is 0 Å². The molecule has 1 atom stereocenters. The van der Waals surface area contributed by atoms with Gasteiger partial charge in [0.25, 0.3) is 0 Å². The first-order valence-corrected chi connectivity index (χ1v) is 7.92. The van der Waals surface area contributed by atoms with Gasteiger partial charge in [-0.15, -0.1) is 0 Å². The van der Waals surface area contributed by atoms with E-state index in [2.05, 4.69) is 24.1 Å². The van der Waals surface area contributed by atoms with Crippen LogP contribution in [0.2, 0.25) is 0 Å². The fraction of sp³-hybridized carbons (Fsp3) is 0.588. The van der Waals surface area contributed by atoms with Crippen molar-refractivity contribution < 1.29 is 14.3 Å². The van der Waals surface area contributed by atoms with Gasteiger partial charge in [0, 0.05) is 18.5 Å². The highest BCUT2D eigenvalue weighted by Crippen LogP contribution is 2.19. The summed E-state index contributed by atoms with van der Waals surface area (Å²) < 4.78 is 12.8. The van der Waals surface area contributed by atoms with Gasteiger partial charge in [0.05, 0.1) is 6.10 Å². The smallest absolute Gasteiger partial charge is 0.223 e. The van der Waals surface area contributed by atoms with Gasteiger partial charge in [-0.3, -0.25) is 4.79 Å². The third kappa shape index (κ3) is 4.52. The van der Waals surface area contributed by atoms with Crippen LogP contribution in [0.5, 0.6) is 0 Å². The van der Waals surface area contributed by atoms with Crippen molar-refractivity contribution in [2.45, 2.75) is 38.8 Å². The summed E-state index contributed by atoms with van der Waals surface area (Å²) in [6.45, 7) is 6.38. The van der Waals surface area contributed by atoms with Crippen LogP contribution in [0.1, 0.15) is 38.4 Å². The zero-order valence-corrected chi connectivity index (χ0v) is 13.3. The van der Waals surface area contributed by atoms with Crippen molar-refractivity contribution in [1.29, 1.82) is 0 Å². The molecule has 2 rings (SSSR count). The van der Waals surface area contributed by atoms with E-state index in [1.165, 1.54) is 24.3 Å². The molecule has 1 aliphatic heterocycles. The summed E-state index contributed by atoms with van der Waals surface area (Å²) in [5.74, 6) is -0.308. The molecule has 0 radical (unpaired) electrons. The average molecular weight is 308 g/mol. The molecule has 1 saturated heterocycles.